The van der Waals surface area contributed by atoms with Crippen LogP contribution in [0.1, 0.15) is 19.8 Å². The zero-order chi connectivity index (χ0) is 13.4. The fourth-order valence-corrected chi connectivity index (χ4v) is 0.965. The maximum Gasteiger partial charge on any atom is 0.326 e. The SMILES string of the molecule is C[C@H](O)C(=O)NC(CCC(=O)C=[N+]=[N-])C(=O)O. The van der Waals surface area contributed by atoms with Gasteiger partial charge in [0.1, 0.15) is 12.1 Å². The predicted octanol–water partition coefficient (Wildman–Crippen LogP) is -1.41. The van der Waals surface area contributed by atoms with E-state index in [1.807, 2.05) is 0 Å². The van der Waals surface area contributed by atoms with Crippen molar-refractivity contribution in [3.05, 3.63) is 5.53 Å². The quantitative estimate of drug-likeness (QED) is 0.286. The van der Waals surface area contributed by atoms with Crippen LogP contribution in [0.2, 0.25) is 0 Å². The first-order valence-electron chi connectivity index (χ1n) is 4.80. The van der Waals surface area contributed by atoms with Crippen molar-refractivity contribution in [3.63, 3.8) is 0 Å². The number of carbonyl (C=O) groups excluding carboxylic acids is 2. The molecule has 1 unspecified atom stereocenters. The number of aliphatic hydroxyl groups is 1. The molecule has 0 aliphatic rings. The topological polar surface area (TPSA) is 140 Å². The number of nitrogens with one attached hydrogen (secondary N) is 1. The number of carboxylic acid groups (broad SMARTS) is 1. The van der Waals surface area contributed by atoms with Gasteiger partial charge >= 0.3 is 12.2 Å². The molecule has 17 heavy (non-hydrogen) atoms. The molecule has 0 saturated heterocycles. The maximum atomic E-state index is 11.1. The number of carboxylic acids is 1. The molecule has 0 aromatic carbocycles. The first-order valence-corrected chi connectivity index (χ1v) is 4.80. The minimum Gasteiger partial charge on any atom is -0.480 e. The Morgan fingerprint density at radius 3 is 2.47 bits per heavy atom. The first kappa shape index (κ1) is 14.9. The normalized spacial score (nSPS) is 13.1. The van der Waals surface area contributed by atoms with Gasteiger partial charge in [0.2, 0.25) is 11.7 Å². The van der Waals surface area contributed by atoms with E-state index < -0.39 is 29.8 Å². The van der Waals surface area contributed by atoms with E-state index >= 15 is 0 Å². The number of Topliss-reactive ketones (excluding diaryl/α,β-unsaturated/α-hetero) is 1. The van der Waals surface area contributed by atoms with Gasteiger partial charge in [0, 0.05) is 6.42 Å². The molecule has 94 valence electrons. The number of nitrogens with zero attached hydrogens (tertiary/aromatic N) is 2. The van der Waals surface area contributed by atoms with Crippen molar-refractivity contribution in [2.75, 3.05) is 0 Å². The molecule has 0 aromatic rings. The van der Waals surface area contributed by atoms with Crippen LogP contribution in [-0.2, 0) is 14.4 Å². The van der Waals surface area contributed by atoms with Crippen molar-refractivity contribution in [1.82, 2.24) is 5.32 Å². The number of amides is 1. The Balaban J connectivity index is 4.35. The molecule has 8 heteroatoms. The van der Waals surface area contributed by atoms with Gasteiger partial charge in [-0.1, -0.05) is 0 Å². The van der Waals surface area contributed by atoms with Crippen molar-refractivity contribution in [2.24, 2.45) is 0 Å². The monoisotopic (exact) mass is 243 g/mol. The van der Waals surface area contributed by atoms with Gasteiger partial charge in [0.05, 0.1) is 0 Å². The summed E-state index contributed by atoms with van der Waals surface area (Å²) in [4.78, 5) is 35.2. The Morgan fingerprint density at radius 2 is 2.06 bits per heavy atom. The fraction of sp³-hybridized carbons (Fsp3) is 0.556. The second-order valence-electron chi connectivity index (χ2n) is 3.32. The molecule has 0 aliphatic carbocycles. The third kappa shape index (κ3) is 6.18. The van der Waals surface area contributed by atoms with E-state index in [0.29, 0.717) is 6.21 Å². The number of ketones is 1. The van der Waals surface area contributed by atoms with E-state index in [0.717, 1.165) is 0 Å². The molecular weight excluding hydrogens is 230 g/mol. The highest BCUT2D eigenvalue weighted by Crippen LogP contribution is 1.99. The van der Waals surface area contributed by atoms with Crippen LogP contribution in [0.5, 0.6) is 0 Å². The lowest BCUT2D eigenvalue weighted by molar-refractivity contribution is -0.143. The highest BCUT2D eigenvalue weighted by Gasteiger charge is 2.22. The van der Waals surface area contributed by atoms with Crippen LogP contribution in [0.4, 0.5) is 0 Å². The summed E-state index contributed by atoms with van der Waals surface area (Å²) < 4.78 is 0. The number of aliphatic hydroxyl groups excluding tert-OH is 1. The van der Waals surface area contributed by atoms with Crippen LogP contribution in [0.3, 0.4) is 0 Å². The van der Waals surface area contributed by atoms with Crippen LogP contribution in [0.15, 0.2) is 0 Å². The maximum absolute atomic E-state index is 11.1. The van der Waals surface area contributed by atoms with Crippen molar-refractivity contribution in [3.8, 4) is 0 Å². The highest BCUT2D eigenvalue weighted by atomic mass is 16.4. The molecule has 0 aromatic heterocycles. The molecule has 0 spiro atoms. The Labute approximate surface area is 96.9 Å². The summed E-state index contributed by atoms with van der Waals surface area (Å²) in [5.74, 6) is -2.71. The van der Waals surface area contributed by atoms with Crippen LogP contribution >= 0.6 is 0 Å². The zero-order valence-electron chi connectivity index (χ0n) is 9.16. The van der Waals surface area contributed by atoms with Crippen molar-refractivity contribution >= 4 is 23.9 Å². The number of aliphatic carboxylic acids is 1. The van der Waals surface area contributed by atoms with Gasteiger partial charge < -0.3 is 21.1 Å². The molecule has 0 rings (SSSR count). The second-order valence-corrected chi connectivity index (χ2v) is 3.32. The average Bonchev–Trinajstić information content (AvgIpc) is 2.23. The van der Waals surface area contributed by atoms with Crippen LogP contribution < -0.4 is 5.32 Å². The molecule has 0 saturated carbocycles. The summed E-state index contributed by atoms with van der Waals surface area (Å²) in [5, 5.41) is 19.7. The molecule has 2 atom stereocenters. The van der Waals surface area contributed by atoms with Crippen molar-refractivity contribution < 1.29 is 29.4 Å². The Hall–Kier alpha value is -2.05. The average molecular weight is 243 g/mol. The molecule has 0 heterocycles. The number of rotatable bonds is 7. The number of hydrogen-bond donors (Lipinski definition) is 3. The zero-order valence-corrected chi connectivity index (χ0v) is 9.16. The third-order valence-corrected chi connectivity index (χ3v) is 1.88. The number of hydrogen-bond acceptors (Lipinski definition) is 4. The van der Waals surface area contributed by atoms with E-state index in [1.165, 1.54) is 6.92 Å². The van der Waals surface area contributed by atoms with E-state index in [2.05, 4.69) is 10.1 Å². The fourth-order valence-electron chi connectivity index (χ4n) is 0.965. The smallest absolute Gasteiger partial charge is 0.326 e. The van der Waals surface area contributed by atoms with Crippen molar-refractivity contribution in [1.29, 1.82) is 0 Å². The molecule has 0 radical (unpaired) electrons. The molecule has 0 fully saturated rings. The first-order chi connectivity index (χ1) is 7.88. The van der Waals surface area contributed by atoms with Crippen LogP contribution in [0, 0.1) is 0 Å². The van der Waals surface area contributed by atoms with Gasteiger partial charge in [-0.15, -0.1) is 0 Å². The predicted molar refractivity (Wildman–Crippen MR) is 55.2 cm³/mol. The minimum atomic E-state index is -1.33. The Morgan fingerprint density at radius 1 is 1.47 bits per heavy atom. The lowest BCUT2D eigenvalue weighted by atomic mass is 10.1. The molecule has 8 nitrogen and oxygen atoms in total. The van der Waals surface area contributed by atoms with Gasteiger partial charge in [0.15, 0.2) is 0 Å². The molecular formula is C9H13N3O5. The van der Waals surface area contributed by atoms with Gasteiger partial charge in [-0.2, -0.15) is 4.79 Å². The molecule has 0 bridgehead atoms. The summed E-state index contributed by atoms with van der Waals surface area (Å²) in [6, 6.07) is -1.27. The summed E-state index contributed by atoms with van der Waals surface area (Å²) in [7, 11) is 0. The lowest BCUT2D eigenvalue weighted by Crippen LogP contribution is -2.44. The molecule has 3 N–H and O–H groups in total. The van der Waals surface area contributed by atoms with Crippen LogP contribution in [-0.4, -0.2) is 51.0 Å². The largest absolute Gasteiger partial charge is 0.480 e. The summed E-state index contributed by atoms with van der Waals surface area (Å²) >= 11 is 0. The summed E-state index contributed by atoms with van der Waals surface area (Å²) in [6.45, 7) is 1.19. The van der Waals surface area contributed by atoms with Crippen LogP contribution in [0.25, 0.3) is 5.53 Å². The Bertz CT molecular complexity index is 360. The second kappa shape index (κ2) is 7.26. The highest BCUT2D eigenvalue weighted by molar-refractivity contribution is 6.25. The van der Waals surface area contributed by atoms with E-state index in [9.17, 15) is 14.4 Å². The lowest BCUT2D eigenvalue weighted by Gasteiger charge is -2.14. The van der Waals surface area contributed by atoms with E-state index in [4.69, 9.17) is 15.7 Å². The molecule has 1 amide bonds. The third-order valence-electron chi connectivity index (χ3n) is 1.88. The standard InChI is InChI=1S/C9H13N3O5/c1-5(13)8(15)12-7(9(16)17)3-2-6(14)4-11-10/h4-5,7,13H,2-3H2,1H3,(H,12,15)(H,16,17)/t5-,7?/m0/s1. The van der Waals surface area contributed by atoms with E-state index in [1.54, 1.807) is 0 Å². The summed E-state index contributed by atoms with van der Waals surface area (Å²) in [6.07, 6.45) is -1.03. The van der Waals surface area contributed by atoms with Gasteiger partial charge in [-0.05, 0) is 13.3 Å². The van der Waals surface area contributed by atoms with Gasteiger partial charge in [-0.25, -0.2) is 4.79 Å². The Kier molecular flexibility index (Phi) is 6.39. The summed E-state index contributed by atoms with van der Waals surface area (Å²) in [5.41, 5.74) is 8.06. The minimum absolute atomic E-state index is 0.154. The van der Waals surface area contributed by atoms with Crippen molar-refractivity contribution in [2.45, 2.75) is 31.9 Å². The number of carbonyl (C=O) groups is 3. The van der Waals surface area contributed by atoms with Gasteiger partial charge in [-0.3, -0.25) is 9.59 Å². The van der Waals surface area contributed by atoms with Gasteiger partial charge in [0.25, 0.3) is 0 Å². The van der Waals surface area contributed by atoms with E-state index in [-0.39, 0.29) is 12.8 Å². The molecule has 0 aliphatic heterocycles.